The van der Waals surface area contributed by atoms with Gasteiger partial charge in [0, 0.05) is 26.1 Å². The lowest BCUT2D eigenvalue weighted by Gasteiger charge is -2.22. The number of anilines is 2. The van der Waals surface area contributed by atoms with Crippen LogP contribution in [0, 0.1) is 5.82 Å². The molecule has 2 aliphatic rings. The lowest BCUT2D eigenvalue weighted by molar-refractivity contribution is -0.122. The van der Waals surface area contributed by atoms with Gasteiger partial charge in [-0.25, -0.2) is 4.39 Å². The van der Waals surface area contributed by atoms with Crippen molar-refractivity contribution >= 4 is 33.4 Å². The van der Waals surface area contributed by atoms with Gasteiger partial charge in [0.25, 0.3) is 0 Å². The Hall–Kier alpha value is -2.55. The lowest BCUT2D eigenvalue weighted by atomic mass is 10.2. The van der Waals surface area contributed by atoms with Crippen LogP contribution >= 0.6 is 11.3 Å². The maximum Gasteiger partial charge on any atom is 0.243 e. The van der Waals surface area contributed by atoms with Crippen molar-refractivity contribution < 1.29 is 14.0 Å². The number of halogens is 1. The van der Waals surface area contributed by atoms with Crippen LogP contribution in [0.1, 0.15) is 31.2 Å². The Balaban J connectivity index is 1.42. The molecule has 142 valence electrons. The van der Waals surface area contributed by atoms with Crippen LogP contribution < -0.4 is 15.1 Å². The number of amides is 2. The van der Waals surface area contributed by atoms with E-state index in [0.717, 1.165) is 31.4 Å². The average Bonchev–Trinajstić information content (AvgIpc) is 3.39. The Morgan fingerprint density at radius 3 is 2.89 bits per heavy atom. The molecule has 0 saturated carbocycles. The number of aromatic nitrogens is 2. The van der Waals surface area contributed by atoms with Crippen LogP contribution in [0.15, 0.2) is 24.3 Å². The van der Waals surface area contributed by atoms with E-state index in [-0.39, 0.29) is 30.2 Å². The van der Waals surface area contributed by atoms with Gasteiger partial charge in [-0.15, -0.1) is 10.2 Å². The first-order chi connectivity index (χ1) is 13.1. The molecule has 0 aliphatic carbocycles. The fourth-order valence-corrected chi connectivity index (χ4v) is 4.47. The maximum absolute atomic E-state index is 13.3. The highest BCUT2D eigenvalue weighted by atomic mass is 32.1. The van der Waals surface area contributed by atoms with Gasteiger partial charge in [-0.1, -0.05) is 23.5 Å². The molecule has 9 heteroatoms. The third kappa shape index (κ3) is 3.78. The average molecular weight is 389 g/mol. The maximum atomic E-state index is 13.3. The third-order valence-corrected chi connectivity index (χ3v) is 5.85. The standard InChI is InChI=1S/C18H20FN5O2S/c19-13-5-1-4-12(10-13)11-20-16(26)14-6-2-8-23(14)17-21-22-18(27-17)24-9-3-7-15(24)25/h1,4-5,10,14H,2-3,6-9,11H2,(H,20,26)/t14-/m1/s1. The summed E-state index contributed by atoms with van der Waals surface area (Å²) in [5.74, 6) is -0.351. The highest BCUT2D eigenvalue weighted by molar-refractivity contribution is 7.19. The molecule has 1 aromatic carbocycles. The molecule has 0 spiro atoms. The normalized spacial score (nSPS) is 19.7. The van der Waals surface area contributed by atoms with Gasteiger partial charge in [0.1, 0.15) is 11.9 Å². The summed E-state index contributed by atoms with van der Waals surface area (Å²) < 4.78 is 13.3. The number of benzene rings is 1. The molecule has 0 bridgehead atoms. The number of hydrogen-bond donors (Lipinski definition) is 1. The van der Waals surface area contributed by atoms with E-state index in [0.29, 0.717) is 23.2 Å². The van der Waals surface area contributed by atoms with E-state index in [9.17, 15) is 14.0 Å². The minimum Gasteiger partial charge on any atom is -0.350 e. The zero-order chi connectivity index (χ0) is 18.8. The molecular formula is C18H20FN5O2S. The molecule has 2 aromatic rings. The second-order valence-corrected chi connectivity index (χ2v) is 7.65. The van der Waals surface area contributed by atoms with E-state index in [1.807, 2.05) is 4.90 Å². The molecule has 2 fully saturated rings. The summed E-state index contributed by atoms with van der Waals surface area (Å²) in [5, 5.41) is 12.5. The molecule has 1 atom stereocenters. The van der Waals surface area contributed by atoms with Crippen LogP contribution in [0.2, 0.25) is 0 Å². The largest absolute Gasteiger partial charge is 0.350 e. The quantitative estimate of drug-likeness (QED) is 0.847. The van der Waals surface area contributed by atoms with Crippen LogP contribution in [0.25, 0.3) is 0 Å². The van der Waals surface area contributed by atoms with Crippen molar-refractivity contribution in [3.8, 4) is 0 Å². The van der Waals surface area contributed by atoms with E-state index in [1.54, 1.807) is 17.0 Å². The fraction of sp³-hybridized carbons (Fsp3) is 0.444. The Morgan fingerprint density at radius 1 is 1.26 bits per heavy atom. The van der Waals surface area contributed by atoms with E-state index in [2.05, 4.69) is 15.5 Å². The van der Waals surface area contributed by atoms with Gasteiger partial charge < -0.3 is 10.2 Å². The summed E-state index contributed by atoms with van der Waals surface area (Å²) in [6, 6.07) is 5.87. The molecular weight excluding hydrogens is 369 g/mol. The first kappa shape index (κ1) is 17.8. The van der Waals surface area contributed by atoms with Gasteiger partial charge in [0.15, 0.2) is 0 Å². The van der Waals surface area contributed by atoms with Crippen LogP contribution in [0.5, 0.6) is 0 Å². The van der Waals surface area contributed by atoms with Gasteiger partial charge in [0.2, 0.25) is 22.1 Å². The Bertz CT molecular complexity index is 858. The predicted molar refractivity (Wildman–Crippen MR) is 100 cm³/mol. The topological polar surface area (TPSA) is 78.4 Å². The second-order valence-electron chi connectivity index (χ2n) is 6.72. The van der Waals surface area contributed by atoms with Gasteiger partial charge >= 0.3 is 0 Å². The molecule has 4 rings (SSSR count). The molecule has 1 aromatic heterocycles. The molecule has 1 N–H and O–H groups in total. The number of carbonyl (C=O) groups excluding carboxylic acids is 2. The first-order valence-corrected chi connectivity index (χ1v) is 9.86. The van der Waals surface area contributed by atoms with Crippen molar-refractivity contribution in [1.29, 1.82) is 0 Å². The Kier molecular flexibility index (Phi) is 5.02. The highest BCUT2D eigenvalue weighted by Crippen LogP contribution is 2.33. The molecule has 27 heavy (non-hydrogen) atoms. The molecule has 0 radical (unpaired) electrons. The summed E-state index contributed by atoms with van der Waals surface area (Å²) >= 11 is 1.35. The van der Waals surface area contributed by atoms with Gasteiger partial charge in [-0.2, -0.15) is 0 Å². The van der Waals surface area contributed by atoms with Crippen molar-refractivity contribution in [2.75, 3.05) is 22.9 Å². The SMILES string of the molecule is O=C(NCc1cccc(F)c1)[C@H]1CCCN1c1nnc(N2CCCC2=O)s1. The molecule has 3 heterocycles. The zero-order valence-electron chi connectivity index (χ0n) is 14.7. The summed E-state index contributed by atoms with van der Waals surface area (Å²) in [4.78, 5) is 28.1. The monoisotopic (exact) mass is 389 g/mol. The van der Waals surface area contributed by atoms with Gasteiger partial charge in [-0.05, 0) is 37.0 Å². The second kappa shape index (κ2) is 7.59. The number of nitrogens with zero attached hydrogens (tertiary/aromatic N) is 4. The lowest BCUT2D eigenvalue weighted by Crippen LogP contribution is -2.43. The van der Waals surface area contributed by atoms with Crippen molar-refractivity contribution in [3.05, 3.63) is 35.6 Å². The molecule has 7 nitrogen and oxygen atoms in total. The number of hydrogen-bond acceptors (Lipinski definition) is 6. The summed E-state index contributed by atoms with van der Waals surface area (Å²) in [5.41, 5.74) is 0.721. The molecule has 0 unspecified atom stereocenters. The van der Waals surface area contributed by atoms with Crippen LogP contribution in [0.4, 0.5) is 14.7 Å². The molecule has 2 amide bonds. The highest BCUT2D eigenvalue weighted by Gasteiger charge is 2.34. The Labute approximate surface area is 160 Å². The number of carbonyl (C=O) groups is 2. The van der Waals surface area contributed by atoms with Crippen LogP contribution in [-0.2, 0) is 16.1 Å². The van der Waals surface area contributed by atoms with E-state index < -0.39 is 0 Å². The van der Waals surface area contributed by atoms with Crippen molar-refractivity contribution in [2.45, 2.75) is 38.3 Å². The van der Waals surface area contributed by atoms with Gasteiger partial charge in [0.05, 0.1) is 0 Å². The number of rotatable bonds is 5. The predicted octanol–water partition coefficient (Wildman–Crippen LogP) is 2.09. The van der Waals surface area contributed by atoms with Crippen LogP contribution in [0.3, 0.4) is 0 Å². The van der Waals surface area contributed by atoms with E-state index in [1.165, 1.54) is 23.5 Å². The minimum absolute atomic E-state index is 0.0727. The summed E-state index contributed by atoms with van der Waals surface area (Å²) in [7, 11) is 0. The van der Waals surface area contributed by atoms with Crippen molar-refractivity contribution in [2.24, 2.45) is 0 Å². The summed E-state index contributed by atoms with van der Waals surface area (Å²) in [6.45, 7) is 1.68. The van der Waals surface area contributed by atoms with Crippen molar-refractivity contribution in [3.63, 3.8) is 0 Å². The minimum atomic E-state index is -0.325. The van der Waals surface area contributed by atoms with E-state index in [4.69, 9.17) is 0 Å². The molecule has 2 aliphatic heterocycles. The molecule has 2 saturated heterocycles. The number of nitrogens with one attached hydrogen (secondary N) is 1. The Morgan fingerprint density at radius 2 is 2.11 bits per heavy atom. The summed E-state index contributed by atoms with van der Waals surface area (Å²) in [6.07, 6.45) is 2.99. The van der Waals surface area contributed by atoms with Gasteiger partial charge in [-0.3, -0.25) is 14.5 Å². The fourth-order valence-electron chi connectivity index (χ4n) is 3.51. The smallest absolute Gasteiger partial charge is 0.243 e. The van der Waals surface area contributed by atoms with Crippen LogP contribution in [-0.4, -0.2) is 41.1 Å². The first-order valence-electron chi connectivity index (χ1n) is 9.04. The van der Waals surface area contributed by atoms with E-state index >= 15 is 0 Å². The zero-order valence-corrected chi connectivity index (χ0v) is 15.5. The van der Waals surface area contributed by atoms with Crippen molar-refractivity contribution in [1.82, 2.24) is 15.5 Å². The third-order valence-electron chi connectivity index (χ3n) is 4.86.